The number of nitrogens with two attached hydrogens (primary N) is 1. The second kappa shape index (κ2) is 5.00. The molecule has 0 amide bonds. The Balaban J connectivity index is 2.15. The minimum atomic E-state index is 0.683. The minimum absolute atomic E-state index is 0.683. The first-order valence-electron chi connectivity index (χ1n) is 5.73. The zero-order valence-electron chi connectivity index (χ0n) is 10.9. The molecule has 0 saturated carbocycles. The predicted molar refractivity (Wildman–Crippen MR) is 72.7 cm³/mol. The van der Waals surface area contributed by atoms with Crippen LogP contribution in [0, 0.1) is 0 Å². The summed E-state index contributed by atoms with van der Waals surface area (Å²) in [6.45, 7) is 0.735. The van der Waals surface area contributed by atoms with Gasteiger partial charge in [0, 0.05) is 26.8 Å². The van der Waals surface area contributed by atoms with Gasteiger partial charge in [-0.05, 0) is 17.7 Å². The topological polar surface area (TPSA) is 56.3 Å². The van der Waals surface area contributed by atoms with Crippen molar-refractivity contribution in [1.29, 1.82) is 0 Å². The lowest BCUT2D eigenvalue weighted by molar-refractivity contribution is 0.414. The van der Waals surface area contributed by atoms with E-state index in [1.54, 1.807) is 18.0 Å². The van der Waals surface area contributed by atoms with Gasteiger partial charge in [0.2, 0.25) is 0 Å². The molecule has 0 unspecified atom stereocenters. The van der Waals surface area contributed by atoms with Gasteiger partial charge >= 0.3 is 0 Å². The second-order valence-corrected chi connectivity index (χ2v) is 4.29. The van der Waals surface area contributed by atoms with Crippen molar-refractivity contribution in [3.8, 4) is 5.75 Å². The summed E-state index contributed by atoms with van der Waals surface area (Å²) in [6.07, 6.45) is 1.80. The Labute approximate surface area is 107 Å². The van der Waals surface area contributed by atoms with Crippen molar-refractivity contribution >= 4 is 11.5 Å². The molecule has 5 heteroatoms. The number of benzene rings is 1. The molecule has 0 fully saturated rings. The Kier molecular flexibility index (Phi) is 3.41. The lowest BCUT2D eigenvalue weighted by Gasteiger charge is -2.17. The molecule has 0 bridgehead atoms. The summed E-state index contributed by atoms with van der Waals surface area (Å²) in [6, 6.07) is 7.97. The van der Waals surface area contributed by atoms with E-state index in [0.717, 1.165) is 23.7 Å². The van der Waals surface area contributed by atoms with Gasteiger partial charge in [0.05, 0.1) is 12.8 Å². The molecule has 0 spiro atoms. The number of aryl methyl sites for hydroxylation is 1. The molecule has 0 aliphatic heterocycles. The number of anilines is 2. The molecule has 2 N–H and O–H groups in total. The van der Waals surface area contributed by atoms with Gasteiger partial charge in [-0.3, -0.25) is 4.68 Å². The summed E-state index contributed by atoms with van der Waals surface area (Å²) in [5, 5.41) is 4.34. The SMILES string of the molecule is COc1cccc(CN(C)c2nn(C)cc2N)c1. The highest BCUT2D eigenvalue weighted by molar-refractivity contribution is 5.61. The van der Waals surface area contributed by atoms with Crippen molar-refractivity contribution in [2.75, 3.05) is 24.8 Å². The molecule has 1 aromatic heterocycles. The van der Waals surface area contributed by atoms with Crippen LogP contribution in [-0.2, 0) is 13.6 Å². The first-order chi connectivity index (χ1) is 8.60. The number of nitrogens with zero attached hydrogens (tertiary/aromatic N) is 3. The monoisotopic (exact) mass is 246 g/mol. The van der Waals surface area contributed by atoms with Crippen LogP contribution in [-0.4, -0.2) is 23.9 Å². The van der Waals surface area contributed by atoms with Crippen LogP contribution in [0.4, 0.5) is 11.5 Å². The van der Waals surface area contributed by atoms with Crippen molar-refractivity contribution < 1.29 is 4.74 Å². The van der Waals surface area contributed by atoms with Crippen LogP contribution in [0.15, 0.2) is 30.5 Å². The zero-order chi connectivity index (χ0) is 13.1. The number of hydrogen-bond donors (Lipinski definition) is 1. The third kappa shape index (κ3) is 2.56. The van der Waals surface area contributed by atoms with Gasteiger partial charge in [-0.2, -0.15) is 5.10 Å². The molecule has 2 aromatic rings. The van der Waals surface area contributed by atoms with Crippen molar-refractivity contribution in [3.63, 3.8) is 0 Å². The number of ether oxygens (including phenoxy) is 1. The smallest absolute Gasteiger partial charge is 0.173 e. The van der Waals surface area contributed by atoms with E-state index < -0.39 is 0 Å². The summed E-state index contributed by atoms with van der Waals surface area (Å²) in [5.41, 5.74) is 7.74. The van der Waals surface area contributed by atoms with E-state index in [2.05, 4.69) is 11.2 Å². The Morgan fingerprint density at radius 3 is 2.83 bits per heavy atom. The number of nitrogen functional groups attached to an aromatic ring is 1. The Morgan fingerprint density at radius 1 is 1.44 bits per heavy atom. The number of hydrogen-bond acceptors (Lipinski definition) is 4. The van der Waals surface area contributed by atoms with Crippen molar-refractivity contribution in [2.24, 2.45) is 7.05 Å². The molecule has 1 aromatic carbocycles. The summed E-state index contributed by atoms with van der Waals surface area (Å²) < 4.78 is 6.92. The first-order valence-corrected chi connectivity index (χ1v) is 5.73. The molecule has 96 valence electrons. The van der Waals surface area contributed by atoms with E-state index in [-0.39, 0.29) is 0 Å². The van der Waals surface area contributed by atoms with Gasteiger partial charge in [-0.1, -0.05) is 12.1 Å². The highest BCUT2D eigenvalue weighted by Crippen LogP contribution is 2.21. The van der Waals surface area contributed by atoms with Crippen LogP contribution in [0.2, 0.25) is 0 Å². The fourth-order valence-electron chi connectivity index (χ4n) is 1.91. The predicted octanol–water partition coefficient (Wildman–Crippen LogP) is 1.65. The maximum Gasteiger partial charge on any atom is 0.173 e. The second-order valence-electron chi connectivity index (χ2n) is 4.29. The van der Waals surface area contributed by atoms with Gasteiger partial charge in [-0.15, -0.1) is 0 Å². The normalized spacial score (nSPS) is 10.4. The summed E-state index contributed by atoms with van der Waals surface area (Å²) in [4.78, 5) is 2.02. The maximum atomic E-state index is 5.90. The lowest BCUT2D eigenvalue weighted by atomic mass is 10.2. The van der Waals surface area contributed by atoms with E-state index in [4.69, 9.17) is 10.5 Å². The van der Waals surface area contributed by atoms with E-state index in [0.29, 0.717) is 5.69 Å². The fraction of sp³-hybridized carbons (Fsp3) is 0.308. The molecule has 0 aliphatic carbocycles. The van der Waals surface area contributed by atoms with E-state index in [1.165, 1.54) is 0 Å². The molecular formula is C13H18N4O. The number of aromatic nitrogens is 2. The van der Waals surface area contributed by atoms with E-state index in [9.17, 15) is 0 Å². The average molecular weight is 246 g/mol. The molecular weight excluding hydrogens is 228 g/mol. The average Bonchev–Trinajstić information content (AvgIpc) is 2.69. The van der Waals surface area contributed by atoms with Crippen LogP contribution < -0.4 is 15.4 Å². The van der Waals surface area contributed by atoms with Gasteiger partial charge in [0.1, 0.15) is 5.75 Å². The quantitative estimate of drug-likeness (QED) is 0.891. The van der Waals surface area contributed by atoms with Crippen LogP contribution >= 0.6 is 0 Å². The van der Waals surface area contributed by atoms with Gasteiger partial charge < -0.3 is 15.4 Å². The molecule has 0 aliphatic rings. The molecule has 0 saturated heterocycles. The third-order valence-corrected chi connectivity index (χ3v) is 2.75. The van der Waals surface area contributed by atoms with Crippen molar-refractivity contribution in [1.82, 2.24) is 9.78 Å². The maximum absolute atomic E-state index is 5.90. The van der Waals surface area contributed by atoms with Crippen molar-refractivity contribution in [2.45, 2.75) is 6.54 Å². The molecule has 2 rings (SSSR count). The summed E-state index contributed by atoms with van der Waals surface area (Å²) in [5.74, 6) is 1.65. The fourth-order valence-corrected chi connectivity index (χ4v) is 1.91. The Bertz CT molecular complexity index is 536. The minimum Gasteiger partial charge on any atom is -0.497 e. The summed E-state index contributed by atoms with van der Waals surface area (Å²) in [7, 11) is 5.50. The van der Waals surface area contributed by atoms with Gasteiger partial charge in [0.25, 0.3) is 0 Å². The first kappa shape index (κ1) is 12.3. The molecule has 0 atom stereocenters. The highest BCUT2D eigenvalue weighted by Gasteiger charge is 2.10. The Hall–Kier alpha value is -2.17. The van der Waals surface area contributed by atoms with Gasteiger partial charge in [0.15, 0.2) is 5.82 Å². The third-order valence-electron chi connectivity index (χ3n) is 2.75. The lowest BCUT2D eigenvalue weighted by Crippen LogP contribution is -2.18. The Morgan fingerprint density at radius 2 is 2.22 bits per heavy atom. The van der Waals surface area contributed by atoms with Crippen LogP contribution in [0.3, 0.4) is 0 Å². The molecule has 1 heterocycles. The molecule has 5 nitrogen and oxygen atoms in total. The largest absolute Gasteiger partial charge is 0.497 e. The standard InChI is InChI=1S/C13H18N4O/c1-16(13-12(14)9-17(2)15-13)8-10-5-4-6-11(7-10)18-3/h4-7,9H,8,14H2,1-3H3. The van der Waals surface area contributed by atoms with Crippen LogP contribution in [0.25, 0.3) is 0 Å². The highest BCUT2D eigenvalue weighted by atomic mass is 16.5. The summed E-state index contributed by atoms with van der Waals surface area (Å²) >= 11 is 0. The van der Waals surface area contributed by atoms with Crippen LogP contribution in [0.5, 0.6) is 5.75 Å². The number of rotatable bonds is 4. The van der Waals surface area contributed by atoms with E-state index >= 15 is 0 Å². The number of methoxy groups -OCH3 is 1. The van der Waals surface area contributed by atoms with Crippen molar-refractivity contribution in [3.05, 3.63) is 36.0 Å². The van der Waals surface area contributed by atoms with Crippen LogP contribution in [0.1, 0.15) is 5.56 Å². The zero-order valence-corrected chi connectivity index (χ0v) is 10.9. The van der Waals surface area contributed by atoms with E-state index in [1.807, 2.05) is 37.2 Å². The molecule has 18 heavy (non-hydrogen) atoms. The molecule has 0 radical (unpaired) electrons. The van der Waals surface area contributed by atoms with Gasteiger partial charge in [-0.25, -0.2) is 0 Å².